The highest BCUT2D eigenvalue weighted by Crippen LogP contribution is 2.24. The highest BCUT2D eigenvalue weighted by molar-refractivity contribution is 5.79. The van der Waals surface area contributed by atoms with Crippen LogP contribution >= 0.6 is 0 Å². The van der Waals surface area contributed by atoms with E-state index >= 15 is 0 Å². The van der Waals surface area contributed by atoms with Crippen LogP contribution in [0.15, 0.2) is 0 Å². The van der Waals surface area contributed by atoms with Crippen molar-refractivity contribution in [1.82, 2.24) is 15.1 Å². The van der Waals surface area contributed by atoms with Crippen LogP contribution in [0.4, 0.5) is 5.82 Å². The first kappa shape index (κ1) is 17.5. The molecule has 0 spiro atoms. The quantitative estimate of drug-likeness (QED) is 0.755. The molecule has 1 aromatic heterocycles. The number of aromatic nitrogens is 2. The Morgan fingerprint density at radius 3 is 2.48 bits per heavy atom. The number of rotatable bonds is 8. The molecule has 120 valence electrons. The lowest BCUT2D eigenvalue weighted by atomic mass is 10.1. The van der Waals surface area contributed by atoms with Crippen molar-refractivity contribution in [2.24, 2.45) is 18.7 Å². The maximum absolute atomic E-state index is 11.4. The molecule has 1 rings (SSSR count). The van der Waals surface area contributed by atoms with E-state index < -0.39 is 0 Å². The monoisotopic (exact) mass is 295 g/mol. The Balaban J connectivity index is 3.05. The average molecular weight is 295 g/mol. The van der Waals surface area contributed by atoms with Gasteiger partial charge in [0, 0.05) is 25.2 Å². The normalized spacial score (nSPS) is 11.4. The summed E-state index contributed by atoms with van der Waals surface area (Å²) in [5.41, 5.74) is 7.51. The first-order valence-electron chi connectivity index (χ1n) is 7.52. The van der Waals surface area contributed by atoms with Gasteiger partial charge in [-0.2, -0.15) is 5.10 Å². The topological polar surface area (TPSA) is 76.2 Å². The molecule has 1 heterocycles. The molecule has 3 N–H and O–H groups in total. The number of amides is 1. The van der Waals surface area contributed by atoms with E-state index in [1.54, 1.807) is 0 Å². The lowest BCUT2D eigenvalue weighted by molar-refractivity contribution is -0.116. The number of aryl methyl sites for hydroxylation is 2. The second-order valence-electron chi connectivity index (χ2n) is 6.22. The van der Waals surface area contributed by atoms with Gasteiger partial charge in [0.15, 0.2) is 0 Å². The van der Waals surface area contributed by atoms with Crippen molar-refractivity contribution in [3.05, 3.63) is 11.3 Å². The van der Waals surface area contributed by atoms with Gasteiger partial charge in [0.05, 0.1) is 12.2 Å². The third kappa shape index (κ3) is 4.74. The van der Waals surface area contributed by atoms with Crippen LogP contribution in [-0.4, -0.2) is 34.8 Å². The minimum Gasteiger partial charge on any atom is -0.368 e. The molecule has 1 amide bonds. The van der Waals surface area contributed by atoms with E-state index in [2.05, 4.69) is 38.1 Å². The van der Waals surface area contributed by atoms with Crippen LogP contribution in [0.3, 0.4) is 0 Å². The van der Waals surface area contributed by atoms with Gasteiger partial charge in [0.2, 0.25) is 5.91 Å². The molecule has 0 aliphatic heterocycles. The van der Waals surface area contributed by atoms with Crippen molar-refractivity contribution in [3.63, 3.8) is 0 Å². The van der Waals surface area contributed by atoms with Crippen molar-refractivity contribution in [2.45, 2.75) is 47.2 Å². The molecular formula is C15H29N5O. The van der Waals surface area contributed by atoms with Crippen LogP contribution in [-0.2, 0) is 18.4 Å². The van der Waals surface area contributed by atoms with Gasteiger partial charge in [0.1, 0.15) is 5.82 Å². The Bertz CT molecular complexity index is 479. The Hall–Kier alpha value is -1.56. The summed E-state index contributed by atoms with van der Waals surface area (Å²) in [6.45, 7) is 12.4. The van der Waals surface area contributed by atoms with E-state index in [0.29, 0.717) is 5.92 Å². The minimum atomic E-state index is -0.330. The maximum atomic E-state index is 11.4. The van der Waals surface area contributed by atoms with E-state index in [-0.39, 0.29) is 18.5 Å². The molecule has 0 aliphatic carbocycles. The van der Waals surface area contributed by atoms with Gasteiger partial charge < -0.3 is 16.0 Å². The largest absolute Gasteiger partial charge is 0.368 e. The number of nitrogens with two attached hydrogens (primary N) is 1. The zero-order chi connectivity index (χ0) is 16.2. The Labute approximate surface area is 127 Å². The fourth-order valence-corrected chi connectivity index (χ4v) is 2.41. The molecule has 6 nitrogen and oxygen atoms in total. The van der Waals surface area contributed by atoms with Crippen LogP contribution < -0.4 is 16.0 Å². The summed E-state index contributed by atoms with van der Waals surface area (Å²) < 4.78 is 1.84. The molecule has 0 saturated carbocycles. The van der Waals surface area contributed by atoms with Crippen molar-refractivity contribution >= 4 is 11.7 Å². The van der Waals surface area contributed by atoms with Crippen molar-refractivity contribution in [3.8, 4) is 0 Å². The first-order valence-corrected chi connectivity index (χ1v) is 7.52. The lowest BCUT2D eigenvalue weighted by Gasteiger charge is -2.28. The summed E-state index contributed by atoms with van der Waals surface area (Å²) in [4.78, 5) is 13.4. The predicted molar refractivity (Wildman–Crippen MR) is 86.2 cm³/mol. The van der Waals surface area contributed by atoms with Gasteiger partial charge in [-0.1, -0.05) is 13.8 Å². The number of primary amides is 1. The third-order valence-corrected chi connectivity index (χ3v) is 3.39. The summed E-state index contributed by atoms with van der Waals surface area (Å²) in [6, 6.07) is 0.177. The summed E-state index contributed by atoms with van der Waals surface area (Å²) in [5, 5.41) is 7.95. The Morgan fingerprint density at radius 1 is 1.38 bits per heavy atom. The maximum Gasteiger partial charge on any atom is 0.237 e. The standard InChI is InChI=1S/C15H29N5O/c1-10(2)7-17-8-13-12(5)18-19(6)15(13)20(11(3)4)9-14(16)21/h10-11,17H,7-9H2,1-6H3,(H2,16,21). The molecule has 0 saturated heterocycles. The number of carbonyl (C=O) groups excluding carboxylic acids is 1. The first-order chi connectivity index (χ1) is 9.73. The molecule has 0 aliphatic rings. The number of hydrogen-bond donors (Lipinski definition) is 2. The SMILES string of the molecule is Cc1nn(C)c(N(CC(N)=O)C(C)C)c1CNCC(C)C. The van der Waals surface area contributed by atoms with Crippen LogP contribution in [0.2, 0.25) is 0 Å². The zero-order valence-electron chi connectivity index (χ0n) is 14.1. The predicted octanol–water partition coefficient (Wildman–Crippen LogP) is 1.17. The molecule has 0 unspecified atom stereocenters. The van der Waals surface area contributed by atoms with Gasteiger partial charge in [0.25, 0.3) is 0 Å². The average Bonchev–Trinajstić information content (AvgIpc) is 2.60. The Kier molecular flexibility index (Phi) is 6.20. The third-order valence-electron chi connectivity index (χ3n) is 3.39. The second-order valence-corrected chi connectivity index (χ2v) is 6.22. The Morgan fingerprint density at radius 2 is 2.00 bits per heavy atom. The van der Waals surface area contributed by atoms with Crippen molar-refractivity contribution in [1.29, 1.82) is 0 Å². The molecule has 1 aromatic rings. The van der Waals surface area contributed by atoms with Gasteiger partial charge >= 0.3 is 0 Å². The van der Waals surface area contributed by atoms with Gasteiger partial charge in [-0.25, -0.2) is 0 Å². The van der Waals surface area contributed by atoms with Crippen LogP contribution in [0.5, 0.6) is 0 Å². The number of nitrogens with one attached hydrogen (secondary N) is 1. The molecule has 0 fully saturated rings. The smallest absolute Gasteiger partial charge is 0.237 e. The molecule has 0 bridgehead atoms. The van der Waals surface area contributed by atoms with Gasteiger partial charge in [-0.15, -0.1) is 0 Å². The van der Waals surface area contributed by atoms with Crippen LogP contribution in [0.25, 0.3) is 0 Å². The van der Waals surface area contributed by atoms with E-state index in [1.165, 1.54) is 0 Å². The molecular weight excluding hydrogens is 266 g/mol. The second kappa shape index (κ2) is 7.45. The molecule has 0 atom stereocenters. The zero-order valence-corrected chi connectivity index (χ0v) is 14.1. The number of anilines is 1. The fraction of sp³-hybridized carbons (Fsp3) is 0.733. The number of nitrogens with zero attached hydrogens (tertiary/aromatic N) is 3. The van der Waals surface area contributed by atoms with E-state index in [0.717, 1.165) is 30.2 Å². The van der Waals surface area contributed by atoms with Crippen molar-refractivity contribution in [2.75, 3.05) is 18.0 Å². The molecule has 0 radical (unpaired) electrons. The molecule has 6 heteroatoms. The molecule has 21 heavy (non-hydrogen) atoms. The van der Waals surface area contributed by atoms with Crippen molar-refractivity contribution < 1.29 is 4.79 Å². The van der Waals surface area contributed by atoms with Gasteiger partial charge in [-0.05, 0) is 33.2 Å². The molecule has 0 aromatic carbocycles. The minimum absolute atomic E-state index is 0.177. The lowest BCUT2D eigenvalue weighted by Crippen LogP contribution is -2.40. The van der Waals surface area contributed by atoms with Crippen LogP contribution in [0.1, 0.15) is 39.0 Å². The fourth-order valence-electron chi connectivity index (χ4n) is 2.41. The van der Waals surface area contributed by atoms with E-state index in [1.807, 2.05) is 23.6 Å². The van der Waals surface area contributed by atoms with E-state index in [4.69, 9.17) is 5.73 Å². The summed E-state index contributed by atoms with van der Waals surface area (Å²) in [5.74, 6) is 1.23. The van der Waals surface area contributed by atoms with Crippen LogP contribution in [0, 0.1) is 12.8 Å². The summed E-state index contributed by atoms with van der Waals surface area (Å²) in [6.07, 6.45) is 0. The highest BCUT2D eigenvalue weighted by atomic mass is 16.1. The number of hydrogen-bond acceptors (Lipinski definition) is 4. The van der Waals surface area contributed by atoms with Gasteiger partial charge in [-0.3, -0.25) is 9.48 Å². The number of carbonyl (C=O) groups is 1. The summed E-state index contributed by atoms with van der Waals surface area (Å²) in [7, 11) is 1.91. The highest BCUT2D eigenvalue weighted by Gasteiger charge is 2.22. The summed E-state index contributed by atoms with van der Waals surface area (Å²) >= 11 is 0. The van der Waals surface area contributed by atoms with E-state index in [9.17, 15) is 4.79 Å².